The van der Waals surface area contributed by atoms with Crippen molar-refractivity contribution in [3.63, 3.8) is 0 Å². The first-order chi connectivity index (χ1) is 6.63. The molecule has 0 aromatic carbocycles. The Morgan fingerprint density at radius 2 is 2.36 bits per heavy atom. The summed E-state index contributed by atoms with van der Waals surface area (Å²) in [5.41, 5.74) is 4.14. The van der Waals surface area contributed by atoms with E-state index >= 15 is 0 Å². The summed E-state index contributed by atoms with van der Waals surface area (Å²) in [6.07, 6.45) is 6.17. The molecule has 0 saturated carbocycles. The molecule has 6 heteroatoms. The van der Waals surface area contributed by atoms with Gasteiger partial charge in [-0.15, -0.1) is 0 Å². The topological polar surface area (TPSA) is 101 Å². The molecular weight excluding hydrogens is 186 g/mol. The third-order valence-electron chi connectivity index (χ3n) is 2.11. The van der Waals surface area contributed by atoms with Crippen LogP contribution in [0.3, 0.4) is 0 Å². The van der Waals surface area contributed by atoms with Crippen LogP contribution in [-0.4, -0.2) is 34.9 Å². The highest BCUT2D eigenvalue weighted by Gasteiger charge is 2.45. The molecule has 2 atom stereocenters. The zero-order valence-corrected chi connectivity index (χ0v) is 7.59. The average Bonchev–Trinajstić information content (AvgIpc) is 2.16. The Bertz CT molecular complexity index is 277. The maximum atomic E-state index is 10.9. The minimum atomic E-state index is -1.49. The van der Waals surface area contributed by atoms with E-state index in [1.165, 1.54) is 6.08 Å². The Hall–Kier alpha value is -1.24. The SMILES string of the molecule is NC1C=CC=CC1(NCCO)[N+](=O)[O-]. The number of nitro groups is 1. The molecule has 0 saturated heterocycles. The first-order valence-corrected chi connectivity index (χ1v) is 4.25. The fraction of sp³-hybridized carbons (Fsp3) is 0.500. The third-order valence-corrected chi connectivity index (χ3v) is 2.11. The highest BCUT2D eigenvalue weighted by Crippen LogP contribution is 2.17. The number of nitrogens with zero attached hydrogens (tertiary/aromatic N) is 1. The van der Waals surface area contributed by atoms with Gasteiger partial charge in [-0.1, -0.05) is 18.2 Å². The summed E-state index contributed by atoms with van der Waals surface area (Å²) >= 11 is 0. The number of aliphatic hydroxyl groups is 1. The zero-order chi connectivity index (χ0) is 10.6. The van der Waals surface area contributed by atoms with Gasteiger partial charge in [0.25, 0.3) is 0 Å². The van der Waals surface area contributed by atoms with Crippen molar-refractivity contribution < 1.29 is 10.0 Å². The lowest BCUT2D eigenvalue weighted by Gasteiger charge is -2.28. The van der Waals surface area contributed by atoms with E-state index in [4.69, 9.17) is 10.8 Å². The van der Waals surface area contributed by atoms with Crippen LogP contribution in [0.1, 0.15) is 0 Å². The molecule has 2 unspecified atom stereocenters. The first-order valence-electron chi connectivity index (χ1n) is 4.25. The van der Waals surface area contributed by atoms with Gasteiger partial charge in [0.1, 0.15) is 6.04 Å². The number of aliphatic hydroxyl groups excluding tert-OH is 1. The quantitative estimate of drug-likeness (QED) is 0.306. The lowest BCUT2D eigenvalue weighted by molar-refractivity contribution is -0.564. The molecule has 1 aliphatic rings. The first kappa shape index (κ1) is 10.8. The fourth-order valence-corrected chi connectivity index (χ4v) is 1.32. The second-order valence-corrected chi connectivity index (χ2v) is 3.00. The van der Waals surface area contributed by atoms with E-state index in [1.807, 2.05) is 0 Å². The molecule has 0 aromatic rings. The lowest BCUT2D eigenvalue weighted by Crippen LogP contribution is -2.62. The molecule has 0 aromatic heterocycles. The summed E-state index contributed by atoms with van der Waals surface area (Å²) in [5.74, 6) is 0. The molecule has 78 valence electrons. The van der Waals surface area contributed by atoms with Gasteiger partial charge < -0.3 is 10.8 Å². The number of nitrogens with one attached hydrogen (secondary N) is 1. The van der Waals surface area contributed by atoms with Crippen LogP contribution in [0.2, 0.25) is 0 Å². The van der Waals surface area contributed by atoms with Crippen molar-refractivity contribution in [2.75, 3.05) is 13.2 Å². The highest BCUT2D eigenvalue weighted by molar-refractivity contribution is 5.23. The van der Waals surface area contributed by atoms with Gasteiger partial charge in [-0.25, -0.2) is 5.32 Å². The van der Waals surface area contributed by atoms with Crippen molar-refractivity contribution in [2.45, 2.75) is 11.7 Å². The normalized spacial score (nSPS) is 30.6. The van der Waals surface area contributed by atoms with Crippen molar-refractivity contribution >= 4 is 0 Å². The van der Waals surface area contributed by atoms with E-state index in [0.717, 1.165) is 0 Å². The van der Waals surface area contributed by atoms with E-state index in [0.29, 0.717) is 0 Å². The molecule has 6 nitrogen and oxygen atoms in total. The maximum absolute atomic E-state index is 10.9. The van der Waals surface area contributed by atoms with Crippen LogP contribution in [0.4, 0.5) is 0 Å². The molecule has 4 N–H and O–H groups in total. The molecule has 14 heavy (non-hydrogen) atoms. The molecule has 0 radical (unpaired) electrons. The summed E-state index contributed by atoms with van der Waals surface area (Å²) in [6.45, 7) is -0.0350. The molecule has 1 aliphatic carbocycles. The van der Waals surface area contributed by atoms with Crippen LogP contribution < -0.4 is 11.1 Å². The van der Waals surface area contributed by atoms with Crippen LogP contribution in [0.15, 0.2) is 24.3 Å². The predicted molar refractivity (Wildman–Crippen MR) is 51.1 cm³/mol. The van der Waals surface area contributed by atoms with E-state index in [2.05, 4.69) is 5.32 Å². The molecule has 0 heterocycles. The Morgan fingerprint density at radius 1 is 1.64 bits per heavy atom. The van der Waals surface area contributed by atoms with Gasteiger partial charge in [-0.05, 0) is 0 Å². The van der Waals surface area contributed by atoms with Crippen molar-refractivity contribution in [1.82, 2.24) is 5.32 Å². The molecule has 1 rings (SSSR count). The summed E-state index contributed by atoms with van der Waals surface area (Å²) in [4.78, 5) is 10.4. The lowest BCUT2D eigenvalue weighted by atomic mass is 9.96. The number of hydrogen-bond acceptors (Lipinski definition) is 5. The Morgan fingerprint density at radius 3 is 2.86 bits per heavy atom. The van der Waals surface area contributed by atoms with Crippen LogP contribution in [-0.2, 0) is 0 Å². The number of rotatable bonds is 4. The minimum Gasteiger partial charge on any atom is -0.395 e. The summed E-state index contributed by atoms with van der Waals surface area (Å²) in [5, 5.41) is 22.1. The van der Waals surface area contributed by atoms with E-state index in [-0.39, 0.29) is 13.2 Å². The largest absolute Gasteiger partial charge is 0.395 e. The van der Waals surface area contributed by atoms with Gasteiger partial charge in [0, 0.05) is 17.5 Å². The van der Waals surface area contributed by atoms with E-state index in [9.17, 15) is 10.1 Å². The van der Waals surface area contributed by atoms with Gasteiger partial charge in [-0.2, -0.15) is 0 Å². The fourth-order valence-electron chi connectivity index (χ4n) is 1.32. The summed E-state index contributed by atoms with van der Waals surface area (Å²) in [6, 6.07) is -0.728. The molecule has 0 amide bonds. The smallest absolute Gasteiger partial charge is 0.312 e. The van der Waals surface area contributed by atoms with Gasteiger partial charge in [0.05, 0.1) is 6.61 Å². The minimum absolute atomic E-state index is 0.132. The van der Waals surface area contributed by atoms with Crippen LogP contribution >= 0.6 is 0 Å². The van der Waals surface area contributed by atoms with Crippen LogP contribution in [0, 0.1) is 10.1 Å². The molecule has 0 bridgehead atoms. The Balaban J connectivity index is 2.86. The standard InChI is InChI=1S/C8H13N3O3/c9-7-3-1-2-4-8(7,11(13)14)10-5-6-12/h1-4,7,10,12H,5-6,9H2. The third kappa shape index (κ3) is 1.82. The van der Waals surface area contributed by atoms with Gasteiger partial charge in [0.15, 0.2) is 0 Å². The zero-order valence-electron chi connectivity index (χ0n) is 7.59. The van der Waals surface area contributed by atoms with Gasteiger partial charge in [-0.3, -0.25) is 10.1 Å². The molecule has 0 spiro atoms. The number of hydrogen-bond donors (Lipinski definition) is 3. The van der Waals surface area contributed by atoms with Crippen molar-refractivity contribution in [3.8, 4) is 0 Å². The van der Waals surface area contributed by atoms with Crippen molar-refractivity contribution in [1.29, 1.82) is 0 Å². The molecular formula is C8H13N3O3. The Kier molecular flexibility index (Phi) is 3.34. The summed E-state index contributed by atoms with van der Waals surface area (Å²) < 4.78 is 0. The number of nitrogens with two attached hydrogens (primary N) is 1. The van der Waals surface area contributed by atoms with Gasteiger partial charge in [0.2, 0.25) is 0 Å². The van der Waals surface area contributed by atoms with Crippen molar-refractivity contribution in [2.24, 2.45) is 5.73 Å². The monoisotopic (exact) mass is 199 g/mol. The van der Waals surface area contributed by atoms with Gasteiger partial charge >= 0.3 is 5.66 Å². The average molecular weight is 199 g/mol. The number of allylic oxidation sites excluding steroid dienone is 2. The maximum Gasteiger partial charge on any atom is 0.312 e. The predicted octanol–water partition coefficient (Wildman–Crippen LogP) is -1.01. The summed E-state index contributed by atoms with van der Waals surface area (Å²) in [7, 11) is 0. The second kappa shape index (κ2) is 4.32. The molecule has 0 aliphatic heterocycles. The molecule has 0 fully saturated rings. The van der Waals surface area contributed by atoms with Crippen LogP contribution in [0.5, 0.6) is 0 Å². The Labute approximate surface area is 81.2 Å². The van der Waals surface area contributed by atoms with Crippen molar-refractivity contribution in [3.05, 3.63) is 34.4 Å². The highest BCUT2D eigenvalue weighted by atomic mass is 16.6. The van der Waals surface area contributed by atoms with E-state index < -0.39 is 16.6 Å². The van der Waals surface area contributed by atoms with E-state index in [1.54, 1.807) is 18.2 Å². The van der Waals surface area contributed by atoms with Crippen LogP contribution in [0.25, 0.3) is 0 Å². The second-order valence-electron chi connectivity index (χ2n) is 3.00.